The lowest BCUT2D eigenvalue weighted by Gasteiger charge is -2.66. The Morgan fingerprint density at radius 2 is 1.82 bits per heavy atom. The van der Waals surface area contributed by atoms with Crippen LogP contribution in [-0.4, -0.2) is 81.0 Å². The maximum atomic E-state index is 13.5. The highest BCUT2D eigenvalue weighted by molar-refractivity contribution is 6.24. The molecule has 0 aromatic heterocycles. The number of hydrogen-bond donors (Lipinski definition) is 4. The van der Waals surface area contributed by atoms with Gasteiger partial charge in [0.25, 0.3) is 5.79 Å². The third kappa shape index (κ3) is 4.56. The first-order valence-electron chi connectivity index (χ1n) is 13.2. The minimum Gasteiger partial charge on any atom is -0.462 e. The van der Waals surface area contributed by atoms with E-state index in [-0.39, 0.29) is 23.1 Å². The van der Waals surface area contributed by atoms with Crippen LogP contribution in [0.5, 0.6) is 5.75 Å². The van der Waals surface area contributed by atoms with E-state index in [1.807, 2.05) is 0 Å². The molecule has 11 atom stereocenters. The van der Waals surface area contributed by atoms with Crippen LogP contribution in [0.25, 0.3) is 0 Å². The first-order valence-corrected chi connectivity index (χ1v) is 13.6. The monoisotopic (exact) mass is 580 g/mol. The van der Waals surface area contributed by atoms with Crippen LogP contribution in [-0.2, 0) is 25.0 Å². The molecule has 13 heteroatoms. The van der Waals surface area contributed by atoms with Gasteiger partial charge < -0.3 is 34.6 Å². The number of ether oxygens (including phenoxy) is 3. The molecule has 218 valence electrons. The van der Waals surface area contributed by atoms with Gasteiger partial charge in [0.2, 0.25) is 6.29 Å². The van der Waals surface area contributed by atoms with E-state index in [2.05, 4.69) is 0 Å². The minimum atomic E-state index is -4.63. The number of halogens is 4. The SMILES string of the molecule is OCC1OC(Oc2cccc(C3(OCC(F)(F)F)OOC34CC3CCC5(Cl)CC3CC4C5)c2)C(O)C(O)C1O. The molecule has 4 N–H and O–H groups in total. The number of aliphatic hydroxyl groups excluding tert-OH is 4. The van der Waals surface area contributed by atoms with Crippen LogP contribution in [0.2, 0.25) is 0 Å². The van der Waals surface area contributed by atoms with Gasteiger partial charge in [-0.2, -0.15) is 18.1 Å². The molecule has 1 spiro atoms. The summed E-state index contributed by atoms with van der Waals surface area (Å²) in [6, 6.07) is 6.00. The van der Waals surface area contributed by atoms with Gasteiger partial charge in [-0.25, -0.2) is 4.89 Å². The molecule has 0 radical (unpaired) electrons. The van der Waals surface area contributed by atoms with Crippen LogP contribution in [0, 0.1) is 17.8 Å². The molecule has 2 saturated heterocycles. The second-order valence-electron chi connectivity index (χ2n) is 11.7. The van der Waals surface area contributed by atoms with E-state index in [0.29, 0.717) is 18.8 Å². The average Bonchev–Trinajstić information content (AvgIpc) is 2.87. The Bertz CT molecular complexity index is 1080. The summed E-state index contributed by atoms with van der Waals surface area (Å²) in [6.45, 7) is -2.21. The standard InChI is InChI=1S/C26H32ClF3O9/c27-23-5-4-13-9-24(16(10-23)6-14(13)8-23)26(39-38-24,35-12-25(28,29)30)15-2-1-3-17(7-15)36-22-21(34)20(33)19(32)18(11-31)37-22/h1-3,7,13-14,16,18-22,31-34H,4-6,8-12H2. The number of hydrogen-bond acceptors (Lipinski definition) is 9. The summed E-state index contributed by atoms with van der Waals surface area (Å²) >= 11 is 6.96. The summed E-state index contributed by atoms with van der Waals surface area (Å²) in [5.74, 6) is -1.43. The van der Waals surface area contributed by atoms with Crippen LogP contribution in [0.1, 0.15) is 44.1 Å². The highest BCUT2D eigenvalue weighted by atomic mass is 35.5. The molecule has 9 nitrogen and oxygen atoms in total. The molecule has 6 rings (SSSR count). The highest BCUT2D eigenvalue weighted by Crippen LogP contribution is 2.68. The van der Waals surface area contributed by atoms with Crippen molar-refractivity contribution >= 4 is 11.6 Å². The molecule has 3 aliphatic carbocycles. The number of benzene rings is 1. The van der Waals surface area contributed by atoms with Gasteiger partial charge in [0.05, 0.1) is 6.61 Å². The normalized spacial score (nSPS) is 47.2. The van der Waals surface area contributed by atoms with Crippen molar-refractivity contribution < 1.29 is 57.6 Å². The van der Waals surface area contributed by atoms with Gasteiger partial charge in [0.15, 0.2) is 5.60 Å². The van der Waals surface area contributed by atoms with E-state index < -0.39 is 66.4 Å². The number of rotatable bonds is 6. The Hall–Kier alpha value is -1.22. The zero-order chi connectivity index (χ0) is 27.8. The second-order valence-corrected chi connectivity index (χ2v) is 12.5. The van der Waals surface area contributed by atoms with Crippen LogP contribution >= 0.6 is 11.6 Å². The van der Waals surface area contributed by atoms with Crippen molar-refractivity contribution in [3.05, 3.63) is 29.8 Å². The van der Waals surface area contributed by atoms with Crippen molar-refractivity contribution in [2.24, 2.45) is 17.8 Å². The van der Waals surface area contributed by atoms with E-state index in [0.717, 1.165) is 25.7 Å². The molecule has 2 aliphatic heterocycles. The summed E-state index contributed by atoms with van der Waals surface area (Å²) in [6.07, 6.45) is -7.82. The van der Waals surface area contributed by atoms with Crippen LogP contribution in [0.15, 0.2) is 24.3 Å². The van der Waals surface area contributed by atoms with E-state index in [1.165, 1.54) is 18.2 Å². The van der Waals surface area contributed by atoms with Crippen molar-refractivity contribution in [3.63, 3.8) is 0 Å². The molecule has 5 fully saturated rings. The summed E-state index contributed by atoms with van der Waals surface area (Å²) in [4.78, 5) is 10.9. The van der Waals surface area contributed by atoms with Crippen molar-refractivity contribution in [3.8, 4) is 5.75 Å². The topological polar surface area (TPSA) is 127 Å². The molecule has 0 amide bonds. The molecule has 1 aromatic carbocycles. The predicted molar refractivity (Wildman–Crippen MR) is 126 cm³/mol. The largest absolute Gasteiger partial charge is 0.462 e. The summed E-state index contributed by atoms with van der Waals surface area (Å²) in [7, 11) is 0. The van der Waals surface area contributed by atoms with Crippen molar-refractivity contribution in [1.82, 2.24) is 0 Å². The molecule has 3 saturated carbocycles. The fourth-order valence-electron chi connectivity index (χ4n) is 7.46. The van der Waals surface area contributed by atoms with Crippen LogP contribution in [0.4, 0.5) is 13.2 Å². The highest BCUT2D eigenvalue weighted by Gasteiger charge is 2.75. The average molecular weight is 581 g/mol. The molecule has 39 heavy (non-hydrogen) atoms. The molecular weight excluding hydrogens is 549 g/mol. The van der Waals surface area contributed by atoms with Crippen LogP contribution < -0.4 is 4.74 Å². The Morgan fingerprint density at radius 3 is 2.51 bits per heavy atom. The molecule has 5 aliphatic rings. The van der Waals surface area contributed by atoms with Gasteiger partial charge in [-0.3, -0.25) is 0 Å². The summed E-state index contributed by atoms with van der Waals surface area (Å²) in [5, 5.41) is 40.0. The second kappa shape index (κ2) is 9.67. The number of fused-ring (bicyclic) bond motifs is 3. The quantitative estimate of drug-likeness (QED) is 0.296. The Balaban J connectivity index is 1.33. The third-order valence-corrected chi connectivity index (χ3v) is 9.80. The van der Waals surface area contributed by atoms with E-state index in [1.54, 1.807) is 6.07 Å². The summed E-state index contributed by atoms with van der Waals surface area (Å²) in [5.41, 5.74) is -0.967. The summed E-state index contributed by atoms with van der Waals surface area (Å²) < 4.78 is 57.2. The van der Waals surface area contributed by atoms with Gasteiger partial charge in [-0.15, -0.1) is 11.6 Å². The maximum absolute atomic E-state index is 13.5. The van der Waals surface area contributed by atoms with Gasteiger partial charge >= 0.3 is 6.18 Å². The molecule has 3 bridgehead atoms. The number of alkyl halides is 4. The lowest BCUT2D eigenvalue weighted by molar-refractivity contribution is -0.640. The smallest absolute Gasteiger partial charge is 0.411 e. The molecule has 1 aromatic rings. The van der Waals surface area contributed by atoms with Crippen molar-refractivity contribution in [2.45, 2.75) is 91.7 Å². The Morgan fingerprint density at radius 1 is 1.03 bits per heavy atom. The van der Waals surface area contributed by atoms with E-state index >= 15 is 0 Å². The van der Waals surface area contributed by atoms with Crippen LogP contribution in [0.3, 0.4) is 0 Å². The number of aliphatic hydroxyl groups is 4. The van der Waals surface area contributed by atoms with E-state index in [4.69, 9.17) is 35.6 Å². The predicted octanol–water partition coefficient (Wildman–Crippen LogP) is 2.51. The lowest BCUT2D eigenvalue weighted by atomic mass is 9.50. The zero-order valence-electron chi connectivity index (χ0n) is 20.9. The Kier molecular flexibility index (Phi) is 6.92. The van der Waals surface area contributed by atoms with Crippen molar-refractivity contribution in [1.29, 1.82) is 0 Å². The van der Waals surface area contributed by atoms with Gasteiger partial charge in [-0.1, -0.05) is 12.1 Å². The minimum absolute atomic E-state index is 0.0742. The van der Waals surface area contributed by atoms with E-state index in [9.17, 15) is 33.6 Å². The first kappa shape index (κ1) is 27.9. The lowest BCUT2D eigenvalue weighted by Crippen LogP contribution is -2.74. The van der Waals surface area contributed by atoms with Gasteiger partial charge in [-0.05, 0) is 68.4 Å². The molecule has 2 heterocycles. The molecular formula is C26H32ClF3O9. The Labute approximate surface area is 227 Å². The van der Waals surface area contributed by atoms with Crippen molar-refractivity contribution in [2.75, 3.05) is 13.2 Å². The molecule has 11 unspecified atom stereocenters. The first-order chi connectivity index (χ1) is 18.4. The van der Waals surface area contributed by atoms with Gasteiger partial charge in [0, 0.05) is 10.4 Å². The zero-order valence-corrected chi connectivity index (χ0v) is 21.7. The fraction of sp³-hybridized carbons (Fsp3) is 0.769. The maximum Gasteiger partial charge on any atom is 0.411 e. The van der Waals surface area contributed by atoms with Gasteiger partial charge in [0.1, 0.15) is 36.8 Å². The third-order valence-electron chi connectivity index (χ3n) is 9.30. The fourth-order valence-corrected chi connectivity index (χ4v) is 7.95.